The van der Waals surface area contributed by atoms with Crippen LogP contribution in [0, 0.1) is 17.8 Å². The largest absolute Gasteiger partial charge is 0.468 e. The third kappa shape index (κ3) is 7.81. The molecular weight excluding hydrogens is 468 g/mol. The maximum Gasteiger partial charge on any atom is 0.317 e. The lowest BCUT2D eigenvalue weighted by Gasteiger charge is -2.26. The lowest BCUT2D eigenvalue weighted by atomic mass is 9.97. The highest BCUT2D eigenvalue weighted by Gasteiger charge is 2.24. The number of rotatable bonds is 8. The van der Waals surface area contributed by atoms with E-state index in [4.69, 9.17) is 4.74 Å². The van der Waals surface area contributed by atoms with E-state index in [1.54, 1.807) is 0 Å². The summed E-state index contributed by atoms with van der Waals surface area (Å²) in [5.41, 5.74) is 3.37. The second kappa shape index (κ2) is 12.0. The van der Waals surface area contributed by atoms with Gasteiger partial charge in [0, 0.05) is 10.4 Å². The number of methoxy groups -OCH3 is 1. The molecule has 31 heavy (non-hydrogen) atoms. The van der Waals surface area contributed by atoms with Gasteiger partial charge in [-0.2, -0.15) is 0 Å². The van der Waals surface area contributed by atoms with Gasteiger partial charge in [-0.1, -0.05) is 106 Å². The average molecular weight is 500 g/mol. The van der Waals surface area contributed by atoms with Crippen molar-refractivity contribution in [2.75, 3.05) is 7.11 Å². The molecule has 0 heterocycles. The molecule has 0 radical (unpaired) electrons. The van der Waals surface area contributed by atoms with Gasteiger partial charge in [0.2, 0.25) is 0 Å². The number of benzene rings is 2. The van der Waals surface area contributed by atoms with Gasteiger partial charge in [-0.05, 0) is 25.5 Å². The number of halogens is 1. The number of carbonyl (C=O) groups is 1. The molecule has 0 N–H and O–H groups in total. The van der Waals surface area contributed by atoms with E-state index in [-0.39, 0.29) is 30.5 Å². The molecule has 0 unspecified atom stereocenters. The number of carbonyl (C=O) groups excluding carboxylic acids is 1. The van der Waals surface area contributed by atoms with Gasteiger partial charge in [0.25, 0.3) is 0 Å². The van der Waals surface area contributed by atoms with E-state index in [9.17, 15) is 4.79 Å². The van der Waals surface area contributed by atoms with Gasteiger partial charge in [0.15, 0.2) is 0 Å². The Bertz CT molecular complexity index is 944. The minimum Gasteiger partial charge on any atom is -0.468 e. The molecule has 0 saturated carbocycles. The molecule has 164 valence electrons. The normalized spacial score (nSPS) is 14.4. The fourth-order valence-corrected chi connectivity index (χ4v) is 5.72. The maximum absolute atomic E-state index is 11.4. The van der Waals surface area contributed by atoms with Crippen molar-refractivity contribution in [3.63, 3.8) is 0 Å². The Labute approximate surface area is 196 Å². The van der Waals surface area contributed by atoms with Crippen LogP contribution in [0.3, 0.4) is 0 Å². The number of ether oxygens (including phenoxy) is 2. The molecule has 0 bridgehead atoms. The van der Waals surface area contributed by atoms with Crippen molar-refractivity contribution in [2.24, 2.45) is 5.92 Å². The van der Waals surface area contributed by atoms with Gasteiger partial charge in [0.1, 0.15) is 14.5 Å². The molecule has 0 amide bonds. The maximum atomic E-state index is 11.4. The Balaban J connectivity index is 2.20. The van der Waals surface area contributed by atoms with Crippen LogP contribution >= 0.6 is 15.9 Å². The highest BCUT2D eigenvalue weighted by molar-refractivity contribution is 9.10. The van der Waals surface area contributed by atoms with E-state index in [1.165, 1.54) is 12.3 Å². The molecule has 3 atom stereocenters. The summed E-state index contributed by atoms with van der Waals surface area (Å²) in [5, 5.41) is 1.39. The third-order valence-electron chi connectivity index (χ3n) is 5.12. The molecule has 0 aromatic heterocycles. The monoisotopic (exact) mass is 498 g/mol. The van der Waals surface area contributed by atoms with Crippen LogP contribution in [-0.2, 0) is 14.3 Å². The van der Waals surface area contributed by atoms with E-state index in [2.05, 4.69) is 88.6 Å². The SMILES string of the molecule is COC(=O)CC#C[C@H](C)[C@@H](O[C@@H](C)/C=C/[Si](C)(C)c1ccccc1)c1ccccc1Br. The minimum absolute atomic E-state index is 0.0792. The van der Waals surface area contributed by atoms with Gasteiger partial charge in [-0.15, -0.1) is 0 Å². The van der Waals surface area contributed by atoms with E-state index in [0.29, 0.717) is 0 Å². The van der Waals surface area contributed by atoms with Crippen LogP contribution in [0.25, 0.3) is 0 Å². The molecule has 2 aromatic carbocycles. The van der Waals surface area contributed by atoms with Crippen LogP contribution < -0.4 is 5.19 Å². The molecule has 3 nitrogen and oxygen atoms in total. The van der Waals surface area contributed by atoms with Crippen molar-refractivity contribution in [1.82, 2.24) is 0 Å². The zero-order chi connectivity index (χ0) is 22.9. The number of esters is 1. The molecule has 5 heteroatoms. The number of hydrogen-bond donors (Lipinski definition) is 0. The van der Waals surface area contributed by atoms with Crippen molar-refractivity contribution in [3.8, 4) is 11.8 Å². The molecule has 0 fully saturated rings. The van der Waals surface area contributed by atoms with E-state index in [0.717, 1.165) is 10.0 Å². The van der Waals surface area contributed by atoms with E-state index >= 15 is 0 Å². The average Bonchev–Trinajstić information content (AvgIpc) is 2.77. The van der Waals surface area contributed by atoms with E-state index in [1.807, 2.05) is 37.3 Å². The second-order valence-electron chi connectivity index (χ2n) is 8.09. The van der Waals surface area contributed by atoms with Gasteiger partial charge < -0.3 is 9.47 Å². The first kappa shape index (κ1) is 25.1. The lowest BCUT2D eigenvalue weighted by molar-refractivity contribution is -0.139. The van der Waals surface area contributed by atoms with Crippen molar-refractivity contribution in [2.45, 2.75) is 45.6 Å². The van der Waals surface area contributed by atoms with Crippen molar-refractivity contribution in [3.05, 3.63) is 76.4 Å². The van der Waals surface area contributed by atoms with Crippen molar-refractivity contribution < 1.29 is 14.3 Å². The highest BCUT2D eigenvalue weighted by Crippen LogP contribution is 2.32. The Hall–Kier alpha value is -2.13. The summed E-state index contributed by atoms with van der Waals surface area (Å²) < 4.78 is 12.1. The van der Waals surface area contributed by atoms with Crippen LogP contribution in [0.5, 0.6) is 0 Å². The second-order valence-corrected chi connectivity index (χ2v) is 13.3. The summed E-state index contributed by atoms with van der Waals surface area (Å²) in [6, 6.07) is 18.7. The molecule has 0 spiro atoms. The predicted molar refractivity (Wildman–Crippen MR) is 134 cm³/mol. The fraction of sp³-hybridized carbons (Fsp3) is 0.346. The van der Waals surface area contributed by atoms with Crippen LogP contribution in [-0.4, -0.2) is 27.3 Å². The van der Waals surface area contributed by atoms with Gasteiger partial charge in [0.05, 0.1) is 19.3 Å². The summed E-state index contributed by atoms with van der Waals surface area (Å²) in [4.78, 5) is 11.4. The smallest absolute Gasteiger partial charge is 0.317 e. The molecule has 0 saturated heterocycles. The molecule has 2 rings (SSSR count). The van der Waals surface area contributed by atoms with Gasteiger partial charge in [-0.3, -0.25) is 4.79 Å². The van der Waals surface area contributed by atoms with Crippen LogP contribution in [0.1, 0.15) is 31.9 Å². The van der Waals surface area contributed by atoms with E-state index < -0.39 is 8.07 Å². The third-order valence-corrected chi connectivity index (χ3v) is 8.69. The summed E-state index contributed by atoms with van der Waals surface area (Å²) in [6.07, 6.45) is 1.92. The molecular formula is C26H31BrO3Si. The quantitative estimate of drug-likeness (QED) is 0.261. The van der Waals surface area contributed by atoms with Crippen LogP contribution in [0.15, 0.2) is 70.8 Å². The lowest BCUT2D eigenvalue weighted by Crippen LogP contribution is -2.39. The summed E-state index contributed by atoms with van der Waals surface area (Å²) in [5.74, 6) is 5.66. The zero-order valence-electron chi connectivity index (χ0n) is 18.9. The summed E-state index contributed by atoms with van der Waals surface area (Å²) in [7, 11) is -0.328. The minimum atomic E-state index is -1.70. The first-order valence-corrected chi connectivity index (χ1v) is 14.3. The zero-order valence-corrected chi connectivity index (χ0v) is 21.5. The summed E-state index contributed by atoms with van der Waals surface area (Å²) >= 11 is 3.65. The molecule has 2 aromatic rings. The van der Waals surface area contributed by atoms with Crippen molar-refractivity contribution in [1.29, 1.82) is 0 Å². The Morgan fingerprint density at radius 3 is 2.39 bits per heavy atom. The number of hydrogen-bond acceptors (Lipinski definition) is 3. The van der Waals surface area contributed by atoms with Gasteiger partial charge >= 0.3 is 5.97 Å². The molecule has 0 aliphatic heterocycles. The predicted octanol–water partition coefficient (Wildman–Crippen LogP) is 5.81. The Morgan fingerprint density at radius 1 is 1.10 bits per heavy atom. The first-order valence-electron chi connectivity index (χ1n) is 10.4. The molecule has 0 aliphatic rings. The standard InChI is InChI=1S/C26H31BrO3Si/c1-20(12-11-17-25(28)29-3)26(23-15-9-10-16-24(23)27)30-21(2)18-19-31(4,5)22-13-7-6-8-14-22/h6-10,13-16,18-21,26H,17H2,1-5H3/b19-18+/t20-,21-,26+/m0/s1. The fourth-order valence-electron chi connectivity index (χ4n) is 3.21. The Morgan fingerprint density at radius 2 is 1.74 bits per heavy atom. The van der Waals surface area contributed by atoms with Gasteiger partial charge in [-0.25, -0.2) is 0 Å². The first-order chi connectivity index (χ1) is 14.7. The highest BCUT2D eigenvalue weighted by atomic mass is 79.9. The van der Waals surface area contributed by atoms with Crippen LogP contribution in [0.4, 0.5) is 0 Å². The Kier molecular flexibility index (Phi) is 9.76. The van der Waals surface area contributed by atoms with Crippen molar-refractivity contribution >= 4 is 35.2 Å². The topological polar surface area (TPSA) is 35.5 Å². The molecule has 0 aliphatic carbocycles. The summed E-state index contributed by atoms with van der Waals surface area (Å²) in [6.45, 7) is 8.74. The van der Waals surface area contributed by atoms with Crippen LogP contribution in [0.2, 0.25) is 13.1 Å².